The van der Waals surface area contributed by atoms with Gasteiger partial charge in [0, 0.05) is 22.7 Å². The second-order valence-corrected chi connectivity index (χ2v) is 8.03. The molecule has 3 rings (SSSR count). The van der Waals surface area contributed by atoms with Gasteiger partial charge in [0.05, 0.1) is 17.6 Å². The molecule has 3 aromatic carbocycles. The van der Waals surface area contributed by atoms with Crippen LogP contribution in [0.4, 0.5) is 11.4 Å². The molecule has 3 aromatic rings. The molecular formula is C23H20N2O6S. The molecule has 0 radical (unpaired) electrons. The van der Waals surface area contributed by atoms with Crippen LogP contribution in [-0.2, 0) is 4.79 Å². The number of ether oxygens (including phenoxy) is 2. The molecule has 0 aromatic heterocycles. The van der Waals surface area contributed by atoms with E-state index < -0.39 is 16.1 Å². The molecule has 0 aliphatic carbocycles. The third kappa shape index (κ3) is 5.86. The minimum Gasteiger partial charge on any atom is -0.496 e. The van der Waals surface area contributed by atoms with Gasteiger partial charge in [0.25, 0.3) is 11.6 Å². The summed E-state index contributed by atoms with van der Waals surface area (Å²) < 4.78 is 10.6. The van der Waals surface area contributed by atoms with E-state index in [0.717, 1.165) is 4.90 Å². The Balaban J connectivity index is 1.57. The summed E-state index contributed by atoms with van der Waals surface area (Å²) >= 11 is 1.24. The van der Waals surface area contributed by atoms with Crippen LogP contribution in [-0.4, -0.2) is 29.2 Å². The van der Waals surface area contributed by atoms with Gasteiger partial charge in [-0.1, -0.05) is 12.1 Å². The van der Waals surface area contributed by atoms with Crippen LogP contribution in [0.5, 0.6) is 11.5 Å². The van der Waals surface area contributed by atoms with Crippen molar-refractivity contribution in [2.24, 2.45) is 0 Å². The van der Waals surface area contributed by atoms with Gasteiger partial charge >= 0.3 is 5.97 Å². The maximum atomic E-state index is 12.5. The quantitative estimate of drug-likeness (QED) is 0.169. The fourth-order valence-electron chi connectivity index (χ4n) is 2.73. The summed E-state index contributed by atoms with van der Waals surface area (Å²) in [6, 6.07) is 19.3. The SMILES string of the molecule is COc1ccccc1C(=O)Nc1ccc(OC(=O)C(C)Sc2ccc([N+](=O)[O-])cc2)cc1. The molecule has 32 heavy (non-hydrogen) atoms. The summed E-state index contributed by atoms with van der Waals surface area (Å²) in [6.07, 6.45) is 0. The van der Waals surface area contributed by atoms with E-state index in [4.69, 9.17) is 9.47 Å². The number of hydrogen-bond acceptors (Lipinski definition) is 7. The summed E-state index contributed by atoms with van der Waals surface area (Å²) in [5, 5.41) is 13.0. The van der Waals surface area contributed by atoms with E-state index in [1.807, 2.05) is 0 Å². The first kappa shape index (κ1) is 22.8. The smallest absolute Gasteiger partial charge is 0.324 e. The highest BCUT2D eigenvalue weighted by Gasteiger charge is 2.18. The molecule has 1 unspecified atom stereocenters. The summed E-state index contributed by atoms with van der Waals surface area (Å²) in [5.41, 5.74) is 0.930. The van der Waals surface area contributed by atoms with Crippen molar-refractivity contribution >= 4 is 35.0 Å². The number of carbonyl (C=O) groups excluding carboxylic acids is 2. The van der Waals surface area contributed by atoms with E-state index in [2.05, 4.69) is 5.32 Å². The fraction of sp³-hybridized carbons (Fsp3) is 0.130. The molecule has 9 heteroatoms. The van der Waals surface area contributed by atoms with Crippen LogP contribution in [0.15, 0.2) is 77.7 Å². The average molecular weight is 452 g/mol. The predicted octanol–water partition coefficient (Wildman–Crippen LogP) is 4.94. The highest BCUT2D eigenvalue weighted by Crippen LogP contribution is 2.27. The summed E-state index contributed by atoms with van der Waals surface area (Å²) in [7, 11) is 1.50. The number of amides is 1. The van der Waals surface area contributed by atoms with Gasteiger partial charge in [-0.05, 0) is 55.5 Å². The van der Waals surface area contributed by atoms with Crippen molar-refractivity contribution in [3.05, 3.63) is 88.5 Å². The maximum absolute atomic E-state index is 12.5. The zero-order valence-corrected chi connectivity index (χ0v) is 18.1. The molecule has 0 aliphatic rings. The maximum Gasteiger partial charge on any atom is 0.324 e. The second kappa shape index (κ2) is 10.5. The molecule has 1 atom stereocenters. The molecule has 0 heterocycles. The largest absolute Gasteiger partial charge is 0.496 e. The molecule has 0 bridgehead atoms. The normalized spacial score (nSPS) is 11.3. The van der Waals surface area contributed by atoms with Crippen molar-refractivity contribution in [1.29, 1.82) is 0 Å². The molecule has 0 spiro atoms. The number of non-ortho nitro benzene ring substituents is 1. The number of hydrogen-bond donors (Lipinski definition) is 1. The van der Waals surface area contributed by atoms with Crippen molar-refractivity contribution in [3.63, 3.8) is 0 Å². The number of anilines is 1. The molecule has 0 saturated heterocycles. The Morgan fingerprint density at radius 3 is 2.28 bits per heavy atom. The van der Waals surface area contributed by atoms with Gasteiger partial charge in [-0.15, -0.1) is 11.8 Å². The van der Waals surface area contributed by atoms with E-state index in [9.17, 15) is 19.7 Å². The van der Waals surface area contributed by atoms with Crippen LogP contribution >= 0.6 is 11.8 Å². The molecule has 164 valence electrons. The van der Waals surface area contributed by atoms with Gasteiger partial charge < -0.3 is 14.8 Å². The number of nitrogens with zero attached hydrogens (tertiary/aromatic N) is 1. The van der Waals surface area contributed by atoms with Gasteiger partial charge in [0.1, 0.15) is 16.7 Å². The van der Waals surface area contributed by atoms with E-state index in [-0.39, 0.29) is 11.6 Å². The Labute approximate surface area is 188 Å². The average Bonchev–Trinajstić information content (AvgIpc) is 2.80. The highest BCUT2D eigenvalue weighted by atomic mass is 32.2. The van der Waals surface area contributed by atoms with E-state index in [1.165, 1.54) is 31.0 Å². The standard InChI is InChI=1S/C23H20N2O6S/c1-15(32-19-13-9-17(10-14-19)25(28)29)23(27)31-18-11-7-16(8-12-18)24-22(26)20-5-3-4-6-21(20)30-2/h3-15H,1-2H3,(H,24,26). The Bertz CT molecular complexity index is 1120. The van der Waals surface area contributed by atoms with Gasteiger partial charge in [0.2, 0.25) is 0 Å². The number of esters is 1. The highest BCUT2D eigenvalue weighted by molar-refractivity contribution is 8.00. The number of rotatable bonds is 8. The lowest BCUT2D eigenvalue weighted by atomic mass is 10.2. The molecular weight excluding hydrogens is 432 g/mol. The van der Waals surface area contributed by atoms with Gasteiger partial charge in [-0.2, -0.15) is 0 Å². The predicted molar refractivity (Wildman–Crippen MR) is 121 cm³/mol. The lowest BCUT2D eigenvalue weighted by Crippen LogP contribution is -2.19. The van der Waals surface area contributed by atoms with Gasteiger partial charge in [-0.3, -0.25) is 19.7 Å². The first-order valence-electron chi connectivity index (χ1n) is 9.54. The zero-order valence-electron chi connectivity index (χ0n) is 17.3. The first-order chi connectivity index (χ1) is 15.4. The first-order valence-corrected chi connectivity index (χ1v) is 10.4. The molecule has 0 fully saturated rings. The van der Waals surface area contributed by atoms with Gasteiger partial charge in [0.15, 0.2) is 0 Å². The summed E-state index contributed by atoms with van der Waals surface area (Å²) in [6.45, 7) is 1.69. The van der Waals surface area contributed by atoms with Crippen molar-refractivity contribution in [2.45, 2.75) is 17.1 Å². The molecule has 8 nitrogen and oxygen atoms in total. The van der Waals surface area contributed by atoms with Gasteiger partial charge in [-0.25, -0.2) is 0 Å². The summed E-state index contributed by atoms with van der Waals surface area (Å²) in [4.78, 5) is 35.8. The van der Waals surface area contributed by atoms with E-state index >= 15 is 0 Å². The number of benzene rings is 3. The van der Waals surface area contributed by atoms with Crippen molar-refractivity contribution < 1.29 is 24.0 Å². The molecule has 0 aliphatic heterocycles. The van der Waals surface area contributed by atoms with Crippen LogP contribution in [0, 0.1) is 10.1 Å². The van der Waals surface area contributed by atoms with Crippen LogP contribution in [0.1, 0.15) is 17.3 Å². The molecule has 0 saturated carbocycles. The third-order valence-corrected chi connectivity index (χ3v) is 5.46. The van der Waals surface area contributed by atoms with E-state index in [1.54, 1.807) is 67.6 Å². The lowest BCUT2D eigenvalue weighted by Gasteiger charge is -2.12. The molecule has 1 N–H and O–H groups in total. The minimum atomic E-state index is -0.526. The van der Waals surface area contributed by atoms with Crippen LogP contribution in [0.2, 0.25) is 0 Å². The topological polar surface area (TPSA) is 108 Å². The van der Waals surface area contributed by atoms with Crippen molar-refractivity contribution in [2.75, 3.05) is 12.4 Å². The number of nitrogens with one attached hydrogen (secondary N) is 1. The second-order valence-electron chi connectivity index (χ2n) is 6.61. The Hall–Kier alpha value is -3.85. The number of nitro benzene ring substituents is 1. The Kier molecular flexibility index (Phi) is 7.45. The number of nitro groups is 1. The Morgan fingerprint density at radius 2 is 1.66 bits per heavy atom. The van der Waals surface area contributed by atoms with Crippen LogP contribution in [0.3, 0.4) is 0 Å². The van der Waals surface area contributed by atoms with E-state index in [0.29, 0.717) is 22.7 Å². The van der Waals surface area contributed by atoms with Crippen LogP contribution < -0.4 is 14.8 Å². The number of para-hydroxylation sites is 1. The Morgan fingerprint density at radius 1 is 1.00 bits per heavy atom. The number of carbonyl (C=O) groups is 2. The van der Waals surface area contributed by atoms with Crippen molar-refractivity contribution in [1.82, 2.24) is 0 Å². The monoisotopic (exact) mass is 452 g/mol. The number of methoxy groups -OCH3 is 1. The zero-order chi connectivity index (χ0) is 23.1. The number of thioether (sulfide) groups is 1. The van der Waals surface area contributed by atoms with Crippen LogP contribution in [0.25, 0.3) is 0 Å². The fourth-order valence-corrected chi connectivity index (χ4v) is 3.58. The van der Waals surface area contributed by atoms with Crippen molar-refractivity contribution in [3.8, 4) is 11.5 Å². The minimum absolute atomic E-state index is 0.0116. The molecule has 1 amide bonds. The third-order valence-electron chi connectivity index (χ3n) is 4.37. The lowest BCUT2D eigenvalue weighted by molar-refractivity contribution is -0.384. The summed E-state index contributed by atoms with van der Waals surface area (Å²) in [5.74, 6) is 0.0241.